The van der Waals surface area contributed by atoms with Crippen LogP contribution in [-0.2, 0) is 4.74 Å². The molecule has 0 saturated heterocycles. The molecule has 82 valence electrons. The predicted molar refractivity (Wildman–Crippen MR) is 49.8 cm³/mol. The van der Waals surface area contributed by atoms with Crippen LogP contribution in [0.1, 0.15) is 10.4 Å². The molecule has 2 aromatic rings. The maximum atomic E-state index is 11.7. The van der Waals surface area contributed by atoms with Gasteiger partial charge in [-0.1, -0.05) is 5.75 Å². The summed E-state index contributed by atoms with van der Waals surface area (Å²) >= 11 is 0. The van der Waals surface area contributed by atoms with Crippen molar-refractivity contribution in [1.82, 2.24) is 9.97 Å². The van der Waals surface area contributed by atoms with Gasteiger partial charge in [-0.15, -0.1) is 0 Å². The number of carbonyl (C=O) groups is 1. The number of methoxy groups -OCH3 is 1. The van der Waals surface area contributed by atoms with Gasteiger partial charge >= 0.3 is 65.1 Å². The molecule has 0 amide bonds. The summed E-state index contributed by atoms with van der Waals surface area (Å²) in [5.74, 6) is -2.63. The smallest absolute Gasteiger partial charge is 0.870 e. The number of esters is 1. The van der Waals surface area contributed by atoms with E-state index in [1.165, 1.54) is 12.3 Å². The van der Waals surface area contributed by atoms with Crippen LogP contribution in [0.2, 0.25) is 0 Å². The maximum Gasteiger partial charge on any atom is 1.00 e. The number of pyridine rings is 2. The zero-order valence-electron chi connectivity index (χ0n) is 10.3. The third-order valence-electron chi connectivity index (χ3n) is 2.05. The fourth-order valence-corrected chi connectivity index (χ4v) is 1.32. The minimum Gasteiger partial charge on any atom is -0.870 e. The zero-order chi connectivity index (χ0) is 11.7. The SMILES string of the molecule is COC(=O)c1c([O-])nc2cccnc2c1[O-].[Na+].[Na+]. The normalized spacial score (nSPS) is 9.17. The molecule has 6 nitrogen and oxygen atoms in total. The van der Waals surface area contributed by atoms with E-state index >= 15 is 0 Å². The second-order valence-electron chi connectivity index (χ2n) is 2.98. The summed E-state index contributed by atoms with van der Waals surface area (Å²) in [5, 5.41) is 23.2. The standard InChI is InChI=1S/C10H8N2O4.2Na/c1-16-10(15)6-8(13)7-5(12-9(6)14)3-2-4-11-7;;/h2-4H,1H3,(H2,12,13,14);;/q;2*+1/p-2. The molecular weight excluding hydrogens is 258 g/mol. The average molecular weight is 264 g/mol. The van der Waals surface area contributed by atoms with Crippen LogP contribution in [0.25, 0.3) is 11.0 Å². The topological polar surface area (TPSA) is 98.2 Å². The van der Waals surface area contributed by atoms with E-state index in [1.54, 1.807) is 6.07 Å². The molecule has 2 aromatic heterocycles. The van der Waals surface area contributed by atoms with Gasteiger partial charge in [0, 0.05) is 12.1 Å². The van der Waals surface area contributed by atoms with Crippen molar-refractivity contribution < 1.29 is 78.9 Å². The summed E-state index contributed by atoms with van der Waals surface area (Å²) < 4.78 is 4.34. The number of hydrogen-bond donors (Lipinski definition) is 0. The summed E-state index contributed by atoms with van der Waals surface area (Å²) in [6, 6.07) is 3.03. The van der Waals surface area contributed by atoms with Crippen molar-refractivity contribution in [1.29, 1.82) is 0 Å². The van der Waals surface area contributed by atoms with Gasteiger partial charge in [-0.3, -0.25) is 9.97 Å². The van der Waals surface area contributed by atoms with Crippen molar-refractivity contribution in [3.8, 4) is 11.6 Å². The number of fused-ring (bicyclic) bond motifs is 1. The molecule has 0 bridgehead atoms. The molecule has 0 atom stereocenters. The molecule has 2 heterocycles. The first-order valence-electron chi connectivity index (χ1n) is 4.36. The molecular formula is C10H6N2Na2O4. The third kappa shape index (κ3) is 3.14. The van der Waals surface area contributed by atoms with Crippen LogP contribution in [0.3, 0.4) is 0 Å². The fourth-order valence-electron chi connectivity index (χ4n) is 1.32. The first-order chi connectivity index (χ1) is 7.65. The molecule has 0 unspecified atom stereocenters. The number of ether oxygens (including phenoxy) is 1. The number of hydrogen-bond acceptors (Lipinski definition) is 6. The van der Waals surface area contributed by atoms with E-state index in [4.69, 9.17) is 0 Å². The Hall–Kier alpha value is -0.370. The van der Waals surface area contributed by atoms with E-state index in [-0.39, 0.29) is 70.1 Å². The summed E-state index contributed by atoms with van der Waals surface area (Å²) in [6.07, 6.45) is 1.39. The molecule has 0 radical (unpaired) electrons. The number of nitrogens with zero attached hydrogens (tertiary/aromatic N) is 2. The van der Waals surface area contributed by atoms with Crippen LogP contribution in [-0.4, -0.2) is 23.0 Å². The molecule has 0 fully saturated rings. The molecule has 0 spiro atoms. The second kappa shape index (κ2) is 7.28. The van der Waals surface area contributed by atoms with Crippen LogP contribution < -0.4 is 69.3 Å². The van der Waals surface area contributed by atoms with Crippen molar-refractivity contribution in [3.63, 3.8) is 0 Å². The van der Waals surface area contributed by atoms with Gasteiger partial charge in [0.15, 0.2) is 0 Å². The maximum absolute atomic E-state index is 11.7. The Bertz CT molecular complexity index is 577. The van der Waals surface area contributed by atoms with Crippen molar-refractivity contribution in [2.24, 2.45) is 0 Å². The van der Waals surface area contributed by atoms with Crippen molar-refractivity contribution in [2.45, 2.75) is 0 Å². The van der Waals surface area contributed by atoms with Gasteiger partial charge in [0.1, 0.15) is 0 Å². The zero-order valence-corrected chi connectivity index (χ0v) is 14.3. The monoisotopic (exact) mass is 264 g/mol. The summed E-state index contributed by atoms with van der Waals surface area (Å²) in [5.41, 5.74) is -0.443. The van der Waals surface area contributed by atoms with Crippen LogP contribution in [0.15, 0.2) is 18.3 Å². The van der Waals surface area contributed by atoms with Gasteiger partial charge in [-0.2, -0.15) is 0 Å². The Morgan fingerprint density at radius 3 is 2.61 bits per heavy atom. The minimum absolute atomic E-state index is 0. The van der Waals surface area contributed by atoms with Gasteiger partial charge < -0.3 is 14.9 Å². The van der Waals surface area contributed by atoms with Crippen LogP contribution in [0.4, 0.5) is 0 Å². The van der Waals surface area contributed by atoms with E-state index in [0.29, 0.717) is 0 Å². The van der Waals surface area contributed by atoms with Crippen molar-refractivity contribution in [3.05, 3.63) is 23.9 Å². The summed E-state index contributed by atoms with van der Waals surface area (Å²) in [7, 11) is 1.09. The van der Waals surface area contributed by atoms with Gasteiger partial charge in [0.25, 0.3) is 0 Å². The molecule has 0 aliphatic heterocycles. The van der Waals surface area contributed by atoms with Crippen LogP contribution >= 0.6 is 0 Å². The van der Waals surface area contributed by atoms with E-state index < -0.39 is 23.2 Å². The number of carbonyl (C=O) groups excluding carboxylic acids is 1. The summed E-state index contributed by atoms with van der Waals surface area (Å²) in [6.45, 7) is 0. The van der Waals surface area contributed by atoms with Crippen molar-refractivity contribution >= 4 is 17.0 Å². The molecule has 0 aliphatic carbocycles. The Kier molecular flexibility index (Phi) is 7.13. The molecule has 0 aromatic carbocycles. The summed E-state index contributed by atoms with van der Waals surface area (Å²) in [4.78, 5) is 18.6. The first-order valence-corrected chi connectivity index (χ1v) is 4.36. The minimum atomic E-state index is -0.991. The Morgan fingerprint density at radius 1 is 1.33 bits per heavy atom. The first kappa shape index (κ1) is 17.6. The van der Waals surface area contributed by atoms with E-state index in [0.717, 1.165) is 7.11 Å². The molecule has 8 heteroatoms. The molecule has 2 rings (SSSR count). The largest absolute Gasteiger partial charge is 1.00 e. The van der Waals surface area contributed by atoms with Gasteiger partial charge in [0.05, 0.1) is 23.7 Å². The number of rotatable bonds is 1. The van der Waals surface area contributed by atoms with E-state index in [2.05, 4.69) is 14.7 Å². The van der Waals surface area contributed by atoms with Gasteiger partial charge in [0.2, 0.25) is 0 Å². The quantitative estimate of drug-likeness (QED) is 0.375. The van der Waals surface area contributed by atoms with Crippen LogP contribution in [0.5, 0.6) is 11.6 Å². The van der Waals surface area contributed by atoms with Gasteiger partial charge in [-0.25, -0.2) is 4.79 Å². The molecule has 18 heavy (non-hydrogen) atoms. The van der Waals surface area contributed by atoms with Gasteiger partial charge in [-0.05, 0) is 12.1 Å². The number of aromatic nitrogens is 2. The van der Waals surface area contributed by atoms with E-state index in [1.807, 2.05) is 0 Å². The average Bonchev–Trinajstić information content (AvgIpc) is 2.28. The van der Waals surface area contributed by atoms with Crippen molar-refractivity contribution in [2.75, 3.05) is 7.11 Å². The third-order valence-corrected chi connectivity index (χ3v) is 2.05. The molecule has 0 saturated carbocycles. The Labute approximate surface area is 147 Å². The fraction of sp³-hybridized carbons (Fsp3) is 0.100. The molecule has 0 aliphatic rings. The Balaban J connectivity index is 0.00000144. The second-order valence-corrected chi connectivity index (χ2v) is 2.98. The predicted octanol–water partition coefficient (Wildman–Crippen LogP) is -6.43. The molecule has 0 N–H and O–H groups in total. The van der Waals surface area contributed by atoms with Crippen LogP contribution in [0, 0.1) is 0 Å². The Morgan fingerprint density at radius 2 is 2.00 bits per heavy atom. The van der Waals surface area contributed by atoms with E-state index in [9.17, 15) is 15.0 Å².